The molecule has 0 fully saturated rings. The second kappa shape index (κ2) is 11.2. The summed E-state index contributed by atoms with van der Waals surface area (Å²) >= 11 is 6.36. The Kier molecular flexibility index (Phi) is 11.6. The van der Waals surface area contributed by atoms with Gasteiger partial charge in [0.2, 0.25) is 0 Å². The normalized spacial score (nSPS) is 13.4. The molecule has 0 saturated carbocycles. The molecule has 1 atom stereocenters. The smallest absolute Gasteiger partial charge is 0.00721 e. The lowest BCUT2D eigenvalue weighted by Crippen LogP contribution is -2.25. The minimum Gasteiger partial charge on any atom is -0.303 e. The molecule has 3 heteroatoms. The molecular formula is C12H27NS2. The largest absolute Gasteiger partial charge is 0.303 e. The van der Waals surface area contributed by atoms with Crippen LogP contribution in [0.3, 0.4) is 0 Å². The second-order valence-electron chi connectivity index (χ2n) is 4.05. The average Bonchev–Trinajstić information content (AvgIpc) is 2.24. The van der Waals surface area contributed by atoms with Gasteiger partial charge in [0.05, 0.1) is 0 Å². The first-order chi connectivity index (χ1) is 7.24. The van der Waals surface area contributed by atoms with Crippen LogP contribution in [0.5, 0.6) is 0 Å². The van der Waals surface area contributed by atoms with E-state index in [2.05, 4.69) is 50.1 Å². The zero-order chi connectivity index (χ0) is 11.5. The van der Waals surface area contributed by atoms with Gasteiger partial charge in [-0.05, 0) is 43.4 Å². The molecule has 0 heterocycles. The molecule has 92 valence electrons. The van der Waals surface area contributed by atoms with Crippen LogP contribution in [0.2, 0.25) is 0 Å². The molecule has 0 bridgehead atoms. The van der Waals surface area contributed by atoms with Crippen molar-refractivity contribution in [3.63, 3.8) is 0 Å². The molecule has 0 aliphatic heterocycles. The van der Waals surface area contributed by atoms with Gasteiger partial charge >= 0.3 is 0 Å². The first-order valence-corrected chi connectivity index (χ1v) is 7.94. The number of nitrogens with zero attached hydrogens (tertiary/aromatic N) is 1. The maximum Gasteiger partial charge on any atom is 0.00721 e. The lowest BCUT2D eigenvalue weighted by Gasteiger charge is -2.17. The fraction of sp³-hybridized carbons (Fsp3) is 1.00. The fourth-order valence-electron chi connectivity index (χ4n) is 1.48. The van der Waals surface area contributed by atoms with Gasteiger partial charge in [-0.1, -0.05) is 20.8 Å². The quantitative estimate of drug-likeness (QED) is 0.467. The lowest BCUT2D eigenvalue weighted by atomic mass is 10.1. The third-order valence-electron chi connectivity index (χ3n) is 2.82. The molecule has 0 amide bonds. The van der Waals surface area contributed by atoms with E-state index < -0.39 is 0 Å². The molecule has 1 nitrogen and oxygen atoms in total. The van der Waals surface area contributed by atoms with Crippen LogP contribution in [0.25, 0.3) is 0 Å². The molecule has 0 N–H and O–H groups in total. The van der Waals surface area contributed by atoms with Crippen LogP contribution in [0.1, 0.15) is 33.6 Å². The van der Waals surface area contributed by atoms with Crippen molar-refractivity contribution in [1.29, 1.82) is 0 Å². The summed E-state index contributed by atoms with van der Waals surface area (Å²) in [5.41, 5.74) is 0. The van der Waals surface area contributed by atoms with Gasteiger partial charge in [-0.25, -0.2) is 0 Å². The van der Waals surface area contributed by atoms with Gasteiger partial charge in [-0.2, -0.15) is 24.4 Å². The first-order valence-electron chi connectivity index (χ1n) is 6.15. The number of thiol groups is 1. The zero-order valence-electron chi connectivity index (χ0n) is 10.5. The molecule has 0 radical (unpaired) electrons. The topological polar surface area (TPSA) is 3.24 Å². The molecular weight excluding hydrogens is 222 g/mol. The second-order valence-corrected chi connectivity index (χ2v) is 5.72. The summed E-state index contributed by atoms with van der Waals surface area (Å²) in [6.45, 7) is 10.4. The lowest BCUT2D eigenvalue weighted by molar-refractivity contribution is 0.324. The number of rotatable bonds is 10. The molecule has 15 heavy (non-hydrogen) atoms. The molecule has 0 aromatic heterocycles. The van der Waals surface area contributed by atoms with E-state index in [1.165, 1.54) is 44.0 Å². The highest BCUT2D eigenvalue weighted by molar-refractivity contribution is 7.99. The van der Waals surface area contributed by atoms with E-state index in [-0.39, 0.29) is 0 Å². The predicted molar refractivity (Wildman–Crippen MR) is 77.4 cm³/mol. The number of thioether (sulfide) groups is 1. The van der Waals surface area contributed by atoms with Crippen molar-refractivity contribution in [3.8, 4) is 0 Å². The standard InChI is InChI=1S/C12H27NS2/c1-4-13(5-2)8-11-15-10-7-12(3)6-9-14/h12,14H,4-11H2,1-3H3. The maximum absolute atomic E-state index is 4.26. The molecule has 0 aromatic rings. The Morgan fingerprint density at radius 2 is 1.80 bits per heavy atom. The molecule has 0 aromatic carbocycles. The van der Waals surface area contributed by atoms with Gasteiger partial charge in [0.25, 0.3) is 0 Å². The van der Waals surface area contributed by atoms with E-state index in [0.717, 1.165) is 11.7 Å². The van der Waals surface area contributed by atoms with Crippen LogP contribution in [0.4, 0.5) is 0 Å². The van der Waals surface area contributed by atoms with Crippen molar-refractivity contribution >= 4 is 24.4 Å². The summed E-state index contributed by atoms with van der Waals surface area (Å²) in [6, 6.07) is 0. The first kappa shape index (κ1) is 15.7. The highest BCUT2D eigenvalue weighted by Crippen LogP contribution is 2.13. The van der Waals surface area contributed by atoms with E-state index >= 15 is 0 Å². The summed E-state index contributed by atoms with van der Waals surface area (Å²) in [5.74, 6) is 4.49. The Hall–Kier alpha value is 0.660. The third kappa shape index (κ3) is 9.58. The SMILES string of the molecule is CCN(CC)CCSCCC(C)CCS. The van der Waals surface area contributed by atoms with Crippen molar-refractivity contribution in [2.45, 2.75) is 33.6 Å². The Bertz CT molecular complexity index is 127. The summed E-state index contributed by atoms with van der Waals surface area (Å²) in [7, 11) is 0. The van der Waals surface area contributed by atoms with Crippen LogP contribution < -0.4 is 0 Å². The van der Waals surface area contributed by atoms with Crippen molar-refractivity contribution in [3.05, 3.63) is 0 Å². The van der Waals surface area contributed by atoms with E-state index in [4.69, 9.17) is 0 Å². The van der Waals surface area contributed by atoms with Gasteiger partial charge < -0.3 is 4.90 Å². The van der Waals surface area contributed by atoms with E-state index in [0.29, 0.717) is 0 Å². The summed E-state index contributed by atoms with van der Waals surface area (Å²) in [6.07, 6.45) is 2.61. The van der Waals surface area contributed by atoms with Crippen LogP contribution in [0.15, 0.2) is 0 Å². The van der Waals surface area contributed by atoms with Crippen LogP contribution >= 0.6 is 24.4 Å². The van der Waals surface area contributed by atoms with Crippen molar-refractivity contribution in [2.24, 2.45) is 5.92 Å². The molecule has 0 saturated heterocycles. The van der Waals surface area contributed by atoms with Crippen molar-refractivity contribution in [1.82, 2.24) is 4.90 Å². The third-order valence-corrected chi connectivity index (χ3v) is 4.08. The summed E-state index contributed by atoms with van der Waals surface area (Å²) < 4.78 is 0. The van der Waals surface area contributed by atoms with Gasteiger partial charge in [0, 0.05) is 12.3 Å². The minimum atomic E-state index is 0.850. The van der Waals surface area contributed by atoms with Crippen LogP contribution in [-0.4, -0.2) is 41.8 Å². The van der Waals surface area contributed by atoms with Crippen molar-refractivity contribution < 1.29 is 0 Å². The Balaban J connectivity index is 3.23. The van der Waals surface area contributed by atoms with Crippen LogP contribution in [0, 0.1) is 5.92 Å². The Morgan fingerprint density at radius 3 is 2.33 bits per heavy atom. The van der Waals surface area contributed by atoms with E-state index in [9.17, 15) is 0 Å². The Labute approximate surface area is 106 Å². The number of hydrogen-bond acceptors (Lipinski definition) is 3. The molecule has 0 aliphatic rings. The predicted octanol–water partition coefficient (Wildman–Crippen LogP) is 3.41. The van der Waals surface area contributed by atoms with Crippen molar-refractivity contribution in [2.75, 3.05) is 36.9 Å². The number of hydrogen-bond donors (Lipinski definition) is 1. The minimum absolute atomic E-state index is 0.850. The average molecular weight is 249 g/mol. The van der Waals surface area contributed by atoms with Gasteiger partial charge in [0.1, 0.15) is 0 Å². The zero-order valence-corrected chi connectivity index (χ0v) is 12.2. The highest BCUT2D eigenvalue weighted by atomic mass is 32.2. The fourth-order valence-corrected chi connectivity index (χ4v) is 3.09. The summed E-state index contributed by atoms with van der Waals surface area (Å²) in [4.78, 5) is 2.49. The molecule has 0 rings (SSSR count). The molecule has 1 unspecified atom stereocenters. The monoisotopic (exact) mass is 249 g/mol. The van der Waals surface area contributed by atoms with Crippen LogP contribution in [-0.2, 0) is 0 Å². The van der Waals surface area contributed by atoms with Gasteiger partial charge in [-0.15, -0.1) is 0 Å². The maximum atomic E-state index is 4.26. The molecule has 0 spiro atoms. The Morgan fingerprint density at radius 1 is 1.13 bits per heavy atom. The van der Waals surface area contributed by atoms with E-state index in [1.54, 1.807) is 0 Å². The van der Waals surface area contributed by atoms with Gasteiger partial charge in [-0.3, -0.25) is 0 Å². The van der Waals surface area contributed by atoms with Gasteiger partial charge in [0.15, 0.2) is 0 Å². The highest BCUT2D eigenvalue weighted by Gasteiger charge is 2.01. The summed E-state index contributed by atoms with van der Waals surface area (Å²) in [5, 5.41) is 0. The van der Waals surface area contributed by atoms with E-state index in [1.807, 2.05) is 0 Å². The molecule has 0 aliphatic carbocycles.